The minimum absolute atomic E-state index is 0.00131. The molecule has 2 unspecified atom stereocenters. The third-order valence-corrected chi connectivity index (χ3v) is 5.78. The summed E-state index contributed by atoms with van der Waals surface area (Å²) in [6.07, 6.45) is 2.05. The van der Waals surface area contributed by atoms with Gasteiger partial charge < -0.3 is 5.11 Å². The molecule has 1 heterocycles. The summed E-state index contributed by atoms with van der Waals surface area (Å²) in [5.41, 5.74) is -0.906. The molecule has 2 atom stereocenters. The van der Waals surface area contributed by atoms with Crippen molar-refractivity contribution in [1.29, 1.82) is 0 Å². The first-order valence-corrected chi connectivity index (χ1v) is 7.58. The molecule has 1 N–H and O–H groups in total. The minimum Gasteiger partial charge on any atom is -0.388 e. The Labute approximate surface area is 106 Å². The van der Waals surface area contributed by atoms with Gasteiger partial charge in [0.1, 0.15) is 0 Å². The van der Waals surface area contributed by atoms with Crippen LogP contribution in [0.25, 0.3) is 0 Å². The summed E-state index contributed by atoms with van der Waals surface area (Å²) in [7, 11) is 0. The lowest BCUT2D eigenvalue weighted by molar-refractivity contribution is -0.0726. The second-order valence-electron chi connectivity index (χ2n) is 6.39. The predicted octanol–water partition coefficient (Wildman–Crippen LogP) is 3.71. The molecular formula is C13H22F2OS. The van der Waals surface area contributed by atoms with Gasteiger partial charge in [0, 0.05) is 18.6 Å². The van der Waals surface area contributed by atoms with Crippen molar-refractivity contribution in [1.82, 2.24) is 0 Å². The van der Waals surface area contributed by atoms with E-state index in [4.69, 9.17) is 0 Å². The van der Waals surface area contributed by atoms with Crippen molar-refractivity contribution in [2.24, 2.45) is 11.3 Å². The zero-order chi connectivity index (χ0) is 12.7. The molecule has 0 aromatic heterocycles. The highest BCUT2D eigenvalue weighted by Crippen LogP contribution is 2.49. The molecule has 0 aromatic rings. The van der Waals surface area contributed by atoms with Crippen molar-refractivity contribution < 1.29 is 13.9 Å². The van der Waals surface area contributed by atoms with Gasteiger partial charge in [-0.1, -0.05) is 13.8 Å². The average molecular weight is 264 g/mol. The molecule has 2 fully saturated rings. The van der Waals surface area contributed by atoms with Gasteiger partial charge in [0.2, 0.25) is 5.92 Å². The average Bonchev–Trinajstić information content (AvgIpc) is 2.51. The standard InChI is InChI=1S/C13H22F2OS/c1-11(2)5-6-17-9-12(11,16)7-10-3-4-13(14,15)8-10/h10,16H,3-9H2,1-2H3. The second-order valence-corrected chi connectivity index (χ2v) is 7.49. The van der Waals surface area contributed by atoms with Crippen LogP contribution in [0.4, 0.5) is 8.78 Å². The van der Waals surface area contributed by atoms with Crippen LogP contribution >= 0.6 is 11.8 Å². The van der Waals surface area contributed by atoms with E-state index in [1.54, 1.807) is 11.8 Å². The summed E-state index contributed by atoms with van der Waals surface area (Å²) in [6, 6.07) is 0. The van der Waals surface area contributed by atoms with Crippen LogP contribution in [0.5, 0.6) is 0 Å². The summed E-state index contributed by atoms with van der Waals surface area (Å²) < 4.78 is 26.4. The van der Waals surface area contributed by atoms with Crippen molar-refractivity contribution in [2.45, 2.75) is 57.5 Å². The summed E-state index contributed by atoms with van der Waals surface area (Å²) in [6.45, 7) is 4.14. The summed E-state index contributed by atoms with van der Waals surface area (Å²) >= 11 is 1.75. The number of alkyl halides is 2. The molecule has 1 saturated carbocycles. The third kappa shape index (κ3) is 2.78. The van der Waals surface area contributed by atoms with Gasteiger partial charge in [0.05, 0.1) is 5.60 Å². The molecule has 4 heteroatoms. The fourth-order valence-corrected chi connectivity index (χ4v) is 4.67. The molecule has 0 amide bonds. The maximum absolute atomic E-state index is 13.2. The highest BCUT2D eigenvalue weighted by Gasteiger charge is 2.49. The second kappa shape index (κ2) is 4.37. The molecule has 0 bridgehead atoms. The molecule has 1 aliphatic carbocycles. The summed E-state index contributed by atoms with van der Waals surface area (Å²) in [5.74, 6) is -0.737. The van der Waals surface area contributed by atoms with E-state index < -0.39 is 11.5 Å². The molecule has 0 aromatic carbocycles. The molecule has 17 heavy (non-hydrogen) atoms. The zero-order valence-corrected chi connectivity index (χ0v) is 11.5. The highest BCUT2D eigenvalue weighted by atomic mass is 32.2. The van der Waals surface area contributed by atoms with Crippen LogP contribution in [-0.4, -0.2) is 28.1 Å². The zero-order valence-electron chi connectivity index (χ0n) is 10.6. The van der Waals surface area contributed by atoms with Gasteiger partial charge in [-0.05, 0) is 36.3 Å². The summed E-state index contributed by atoms with van der Waals surface area (Å²) in [5, 5.41) is 10.8. The van der Waals surface area contributed by atoms with Crippen LogP contribution in [0, 0.1) is 11.3 Å². The van der Waals surface area contributed by atoms with Gasteiger partial charge in [-0.3, -0.25) is 0 Å². The van der Waals surface area contributed by atoms with Gasteiger partial charge in [0.25, 0.3) is 0 Å². The topological polar surface area (TPSA) is 20.2 Å². The fraction of sp³-hybridized carbons (Fsp3) is 1.00. The molecule has 2 rings (SSSR count). The number of rotatable bonds is 2. The Morgan fingerprint density at radius 3 is 2.53 bits per heavy atom. The lowest BCUT2D eigenvalue weighted by Gasteiger charge is -2.47. The number of halogens is 2. The number of hydrogen-bond donors (Lipinski definition) is 1. The molecule has 2 aliphatic rings. The molecule has 100 valence electrons. The monoisotopic (exact) mass is 264 g/mol. The van der Waals surface area contributed by atoms with Crippen molar-refractivity contribution in [2.75, 3.05) is 11.5 Å². The van der Waals surface area contributed by atoms with E-state index in [2.05, 4.69) is 13.8 Å². The molecular weight excluding hydrogens is 242 g/mol. The maximum Gasteiger partial charge on any atom is 0.248 e. The lowest BCUT2D eigenvalue weighted by Crippen LogP contribution is -2.51. The van der Waals surface area contributed by atoms with Crippen LogP contribution in [0.15, 0.2) is 0 Å². The highest BCUT2D eigenvalue weighted by molar-refractivity contribution is 7.99. The number of thioether (sulfide) groups is 1. The first-order valence-electron chi connectivity index (χ1n) is 6.42. The normalized spacial score (nSPS) is 40.4. The molecule has 1 aliphatic heterocycles. The largest absolute Gasteiger partial charge is 0.388 e. The van der Waals surface area contributed by atoms with Crippen molar-refractivity contribution in [3.63, 3.8) is 0 Å². The third-order valence-electron chi connectivity index (χ3n) is 4.60. The van der Waals surface area contributed by atoms with E-state index in [9.17, 15) is 13.9 Å². The van der Waals surface area contributed by atoms with Gasteiger partial charge in [-0.2, -0.15) is 11.8 Å². The van der Waals surface area contributed by atoms with E-state index >= 15 is 0 Å². The van der Waals surface area contributed by atoms with Gasteiger partial charge in [-0.15, -0.1) is 0 Å². The first-order chi connectivity index (χ1) is 7.74. The number of aliphatic hydroxyl groups is 1. The van der Waals surface area contributed by atoms with E-state index in [1.165, 1.54) is 0 Å². The van der Waals surface area contributed by atoms with Crippen LogP contribution in [0.2, 0.25) is 0 Å². The van der Waals surface area contributed by atoms with Crippen LogP contribution < -0.4 is 0 Å². The Balaban J connectivity index is 2.02. The lowest BCUT2D eigenvalue weighted by atomic mass is 9.69. The Bertz CT molecular complexity index is 293. The Kier molecular flexibility index (Phi) is 3.50. The van der Waals surface area contributed by atoms with Crippen LogP contribution in [-0.2, 0) is 0 Å². The predicted molar refractivity (Wildman–Crippen MR) is 67.6 cm³/mol. The van der Waals surface area contributed by atoms with Gasteiger partial charge in [-0.25, -0.2) is 8.78 Å². The number of hydrogen-bond acceptors (Lipinski definition) is 2. The van der Waals surface area contributed by atoms with Crippen LogP contribution in [0.3, 0.4) is 0 Å². The van der Waals surface area contributed by atoms with Crippen LogP contribution in [0.1, 0.15) is 46.0 Å². The van der Waals surface area contributed by atoms with E-state index in [0.717, 1.165) is 12.2 Å². The summed E-state index contributed by atoms with van der Waals surface area (Å²) in [4.78, 5) is 0. The van der Waals surface area contributed by atoms with Gasteiger partial charge in [0.15, 0.2) is 0 Å². The Morgan fingerprint density at radius 2 is 2.00 bits per heavy atom. The van der Waals surface area contributed by atoms with Crippen molar-refractivity contribution >= 4 is 11.8 Å². The van der Waals surface area contributed by atoms with E-state index in [0.29, 0.717) is 18.6 Å². The quantitative estimate of drug-likeness (QED) is 0.820. The maximum atomic E-state index is 13.2. The first kappa shape index (κ1) is 13.6. The minimum atomic E-state index is -2.49. The smallest absolute Gasteiger partial charge is 0.248 e. The van der Waals surface area contributed by atoms with Gasteiger partial charge >= 0.3 is 0 Å². The molecule has 1 saturated heterocycles. The van der Waals surface area contributed by atoms with Crippen molar-refractivity contribution in [3.8, 4) is 0 Å². The van der Waals surface area contributed by atoms with E-state index in [-0.39, 0.29) is 24.2 Å². The molecule has 0 spiro atoms. The SMILES string of the molecule is CC1(C)CCSCC1(O)CC1CCC(F)(F)C1. The van der Waals surface area contributed by atoms with E-state index in [1.807, 2.05) is 0 Å². The fourth-order valence-electron chi connectivity index (χ4n) is 3.03. The Hall–Kier alpha value is 0.170. The van der Waals surface area contributed by atoms with Crippen molar-refractivity contribution in [3.05, 3.63) is 0 Å². The molecule has 0 radical (unpaired) electrons. The molecule has 1 nitrogen and oxygen atoms in total. The Morgan fingerprint density at radius 1 is 1.29 bits per heavy atom.